The number of ether oxygens (including phenoxy) is 1. The van der Waals surface area contributed by atoms with E-state index in [0.29, 0.717) is 25.3 Å². The zero-order chi connectivity index (χ0) is 24.1. The van der Waals surface area contributed by atoms with Crippen LogP contribution in [0.15, 0.2) is 53.4 Å². The fourth-order valence-electron chi connectivity index (χ4n) is 3.20. The van der Waals surface area contributed by atoms with Crippen LogP contribution in [-0.4, -0.2) is 63.0 Å². The SMILES string of the molecule is O=C(NCCCOc1ccc(F)cc1)N1CCN(S(=O)(=O)c2ccc(C(F)(F)F)cc2)CC1. The van der Waals surface area contributed by atoms with Gasteiger partial charge in [-0.15, -0.1) is 0 Å². The van der Waals surface area contributed by atoms with Gasteiger partial charge in [-0.2, -0.15) is 17.5 Å². The van der Waals surface area contributed by atoms with Crippen LogP contribution < -0.4 is 10.1 Å². The number of alkyl halides is 3. The van der Waals surface area contributed by atoms with Crippen molar-refractivity contribution in [1.29, 1.82) is 0 Å². The number of amides is 2. The lowest BCUT2D eigenvalue weighted by Crippen LogP contribution is -2.53. The van der Waals surface area contributed by atoms with Gasteiger partial charge < -0.3 is 15.0 Å². The topological polar surface area (TPSA) is 79.0 Å². The highest BCUT2D eigenvalue weighted by molar-refractivity contribution is 7.89. The highest BCUT2D eigenvalue weighted by Crippen LogP contribution is 2.30. The van der Waals surface area contributed by atoms with E-state index < -0.39 is 21.8 Å². The van der Waals surface area contributed by atoms with Crippen molar-refractivity contribution in [3.05, 3.63) is 59.9 Å². The van der Waals surface area contributed by atoms with Crippen molar-refractivity contribution in [1.82, 2.24) is 14.5 Å². The Labute approximate surface area is 189 Å². The first-order valence-electron chi connectivity index (χ1n) is 10.2. The van der Waals surface area contributed by atoms with Crippen molar-refractivity contribution >= 4 is 16.1 Å². The summed E-state index contributed by atoms with van der Waals surface area (Å²) in [4.78, 5) is 13.5. The van der Waals surface area contributed by atoms with E-state index in [9.17, 15) is 30.8 Å². The third-order valence-electron chi connectivity index (χ3n) is 5.02. The molecule has 2 aromatic rings. The Morgan fingerprint density at radius 1 is 0.970 bits per heavy atom. The number of benzene rings is 2. The molecule has 1 saturated heterocycles. The molecule has 1 aliphatic rings. The highest BCUT2D eigenvalue weighted by atomic mass is 32.2. The fourth-order valence-corrected chi connectivity index (χ4v) is 4.62. The van der Waals surface area contributed by atoms with Gasteiger partial charge >= 0.3 is 12.2 Å². The summed E-state index contributed by atoms with van der Waals surface area (Å²) >= 11 is 0. The molecule has 2 amide bonds. The van der Waals surface area contributed by atoms with Crippen LogP contribution >= 0.6 is 0 Å². The Bertz CT molecular complexity index is 1040. The summed E-state index contributed by atoms with van der Waals surface area (Å²) in [6, 6.07) is 8.58. The minimum Gasteiger partial charge on any atom is -0.494 e. The van der Waals surface area contributed by atoms with E-state index in [0.717, 1.165) is 28.6 Å². The van der Waals surface area contributed by atoms with Crippen LogP contribution in [0.3, 0.4) is 0 Å². The normalized spacial score (nSPS) is 15.3. The minimum atomic E-state index is -4.55. The lowest BCUT2D eigenvalue weighted by atomic mass is 10.2. The lowest BCUT2D eigenvalue weighted by Gasteiger charge is -2.34. The summed E-state index contributed by atoms with van der Waals surface area (Å²) in [7, 11) is -3.96. The van der Waals surface area contributed by atoms with Crippen molar-refractivity contribution in [3.8, 4) is 5.75 Å². The third kappa shape index (κ3) is 6.57. The number of nitrogens with one attached hydrogen (secondary N) is 1. The van der Waals surface area contributed by atoms with Crippen molar-refractivity contribution in [2.24, 2.45) is 0 Å². The summed E-state index contributed by atoms with van der Waals surface area (Å²) in [5.74, 6) is 0.162. The molecule has 12 heteroatoms. The average molecular weight is 489 g/mol. The molecule has 1 fully saturated rings. The molecule has 0 spiro atoms. The molecule has 0 saturated carbocycles. The highest BCUT2D eigenvalue weighted by Gasteiger charge is 2.33. The molecule has 0 bridgehead atoms. The smallest absolute Gasteiger partial charge is 0.416 e. The van der Waals surface area contributed by atoms with E-state index in [2.05, 4.69) is 5.32 Å². The number of piperazine rings is 1. The largest absolute Gasteiger partial charge is 0.494 e. The van der Waals surface area contributed by atoms with Gasteiger partial charge in [-0.1, -0.05) is 0 Å². The Kier molecular flexibility index (Phi) is 7.80. The number of sulfonamides is 1. The summed E-state index contributed by atoms with van der Waals surface area (Å²) in [5, 5.41) is 2.73. The Morgan fingerprint density at radius 2 is 1.58 bits per heavy atom. The zero-order valence-electron chi connectivity index (χ0n) is 17.5. The first-order valence-corrected chi connectivity index (χ1v) is 11.6. The number of hydrogen-bond acceptors (Lipinski definition) is 4. The van der Waals surface area contributed by atoms with E-state index >= 15 is 0 Å². The molecule has 1 heterocycles. The van der Waals surface area contributed by atoms with Crippen LogP contribution in [0.2, 0.25) is 0 Å². The maximum Gasteiger partial charge on any atom is 0.416 e. The van der Waals surface area contributed by atoms with Crippen molar-refractivity contribution in [2.75, 3.05) is 39.3 Å². The number of rotatable bonds is 7. The van der Waals surface area contributed by atoms with E-state index in [-0.39, 0.29) is 42.9 Å². The van der Waals surface area contributed by atoms with Crippen molar-refractivity contribution in [3.63, 3.8) is 0 Å². The van der Waals surface area contributed by atoms with Gasteiger partial charge in [0.15, 0.2) is 0 Å². The first-order chi connectivity index (χ1) is 15.6. The fraction of sp³-hybridized carbons (Fsp3) is 0.381. The van der Waals surface area contributed by atoms with E-state index in [1.165, 1.54) is 29.2 Å². The van der Waals surface area contributed by atoms with Gasteiger partial charge in [-0.05, 0) is 55.0 Å². The maximum atomic E-state index is 12.8. The molecule has 33 heavy (non-hydrogen) atoms. The van der Waals surface area contributed by atoms with Gasteiger partial charge in [-0.3, -0.25) is 0 Å². The summed E-state index contributed by atoms with van der Waals surface area (Å²) in [6.07, 6.45) is -4.03. The van der Waals surface area contributed by atoms with E-state index in [4.69, 9.17) is 4.74 Å². The maximum absolute atomic E-state index is 12.8. The molecule has 180 valence electrons. The van der Waals surface area contributed by atoms with Crippen LogP contribution in [-0.2, 0) is 16.2 Å². The molecule has 1 aliphatic heterocycles. The van der Waals surface area contributed by atoms with Gasteiger partial charge in [0.2, 0.25) is 10.0 Å². The van der Waals surface area contributed by atoms with Gasteiger partial charge in [0.1, 0.15) is 11.6 Å². The van der Waals surface area contributed by atoms with Crippen molar-refractivity contribution in [2.45, 2.75) is 17.5 Å². The van der Waals surface area contributed by atoms with Gasteiger partial charge in [0.05, 0.1) is 17.1 Å². The Morgan fingerprint density at radius 3 is 2.15 bits per heavy atom. The molecule has 0 atom stereocenters. The second-order valence-corrected chi connectivity index (χ2v) is 9.24. The van der Waals surface area contributed by atoms with Gasteiger partial charge in [0.25, 0.3) is 0 Å². The molecule has 3 rings (SSSR count). The zero-order valence-corrected chi connectivity index (χ0v) is 18.3. The number of carbonyl (C=O) groups is 1. The summed E-state index contributed by atoms with van der Waals surface area (Å²) < 4.78 is 82.9. The number of hydrogen-bond donors (Lipinski definition) is 1. The van der Waals surface area contributed by atoms with Crippen LogP contribution in [0.25, 0.3) is 0 Å². The number of halogens is 4. The average Bonchev–Trinajstić information content (AvgIpc) is 2.79. The van der Waals surface area contributed by atoms with E-state index in [1.54, 1.807) is 0 Å². The number of nitrogens with zero attached hydrogens (tertiary/aromatic N) is 2. The minimum absolute atomic E-state index is 0.0322. The second kappa shape index (κ2) is 10.4. The molecular weight excluding hydrogens is 466 g/mol. The lowest BCUT2D eigenvalue weighted by molar-refractivity contribution is -0.137. The summed E-state index contributed by atoms with van der Waals surface area (Å²) in [5.41, 5.74) is -0.925. The Balaban J connectivity index is 1.42. The van der Waals surface area contributed by atoms with Crippen LogP contribution in [0, 0.1) is 5.82 Å². The van der Waals surface area contributed by atoms with Crippen molar-refractivity contribution < 1.29 is 35.5 Å². The molecule has 0 unspecified atom stereocenters. The predicted octanol–water partition coefficient (Wildman–Crippen LogP) is 3.33. The standard InChI is InChI=1S/C21H23F4N3O4S/c22-17-4-6-18(7-5-17)32-15-1-10-26-20(29)27-11-13-28(14-12-27)33(30,31)19-8-2-16(3-9-19)21(23,24)25/h2-9H,1,10-15H2,(H,26,29). The molecular formula is C21H23F4N3O4S. The monoisotopic (exact) mass is 489 g/mol. The number of urea groups is 1. The quantitative estimate of drug-likeness (QED) is 0.478. The summed E-state index contributed by atoms with van der Waals surface area (Å²) in [6.45, 7) is 1.03. The van der Waals surface area contributed by atoms with Crippen LogP contribution in [0.1, 0.15) is 12.0 Å². The predicted molar refractivity (Wildman–Crippen MR) is 112 cm³/mol. The van der Waals surface area contributed by atoms with E-state index in [1.807, 2.05) is 0 Å². The molecule has 7 nitrogen and oxygen atoms in total. The van der Waals surface area contributed by atoms with Gasteiger partial charge in [0, 0.05) is 32.7 Å². The van der Waals surface area contributed by atoms with Gasteiger partial charge in [-0.25, -0.2) is 17.6 Å². The molecule has 0 aliphatic carbocycles. The number of carbonyl (C=O) groups excluding carboxylic acids is 1. The first kappa shape index (κ1) is 24.8. The van der Waals surface area contributed by atoms with Crippen LogP contribution in [0.4, 0.5) is 22.4 Å². The van der Waals surface area contributed by atoms with Crippen LogP contribution in [0.5, 0.6) is 5.75 Å². The molecule has 0 aromatic heterocycles. The Hall–Kier alpha value is -2.86. The molecule has 1 N–H and O–H groups in total. The molecule has 2 aromatic carbocycles. The molecule has 0 radical (unpaired) electrons. The third-order valence-corrected chi connectivity index (χ3v) is 6.94. The second-order valence-electron chi connectivity index (χ2n) is 7.30.